The molecule has 0 fully saturated rings. The third kappa shape index (κ3) is 3.00. The zero-order chi connectivity index (χ0) is 14.7. The number of hydrogen-bond acceptors (Lipinski definition) is 3. The minimum absolute atomic E-state index is 0.654. The molecule has 3 rings (SSSR count). The zero-order valence-corrected chi connectivity index (χ0v) is 13.1. The first-order valence-corrected chi connectivity index (χ1v) is 7.51. The molecule has 0 aliphatic rings. The second-order valence-electron chi connectivity index (χ2n) is 4.45. The Morgan fingerprint density at radius 1 is 1.00 bits per heavy atom. The number of fused-ring (bicyclic) bond motifs is 1. The van der Waals surface area contributed by atoms with Crippen LogP contribution in [0.5, 0.6) is 17.2 Å². The molecule has 0 N–H and O–H groups in total. The van der Waals surface area contributed by atoms with Gasteiger partial charge in [0, 0.05) is 16.1 Å². The lowest BCUT2D eigenvalue weighted by Crippen LogP contribution is -1.91. The Bertz CT molecular complexity index is 756. The first-order chi connectivity index (χ1) is 10.3. The van der Waals surface area contributed by atoms with Gasteiger partial charge in [0.1, 0.15) is 17.0 Å². The molecule has 0 unspecified atom stereocenters. The maximum Gasteiger partial charge on any atom is 0.153 e. The summed E-state index contributed by atoms with van der Waals surface area (Å²) in [6, 6.07) is 15.4. The summed E-state index contributed by atoms with van der Waals surface area (Å²) in [7, 11) is 0. The summed E-state index contributed by atoms with van der Waals surface area (Å²) in [4.78, 5) is 4.41. The molecule has 0 atom stereocenters. The summed E-state index contributed by atoms with van der Waals surface area (Å²) in [6.07, 6.45) is 1.76. The van der Waals surface area contributed by atoms with Gasteiger partial charge in [0.05, 0.1) is 6.61 Å². The number of nitrogens with zero attached hydrogens (tertiary/aromatic N) is 1. The van der Waals surface area contributed by atoms with Crippen LogP contribution in [0.2, 0.25) is 0 Å². The smallest absolute Gasteiger partial charge is 0.153 e. The van der Waals surface area contributed by atoms with Crippen molar-refractivity contribution in [2.75, 3.05) is 6.61 Å². The van der Waals surface area contributed by atoms with Crippen LogP contribution in [-0.4, -0.2) is 11.6 Å². The van der Waals surface area contributed by atoms with E-state index in [1.54, 1.807) is 6.20 Å². The molecule has 0 spiro atoms. The van der Waals surface area contributed by atoms with E-state index in [0.29, 0.717) is 6.61 Å². The fraction of sp³-hybridized carbons (Fsp3) is 0.118. The third-order valence-corrected chi connectivity index (χ3v) is 3.73. The molecule has 0 aliphatic carbocycles. The normalized spacial score (nSPS) is 10.6. The molecular formula is C17H14BrNO2. The van der Waals surface area contributed by atoms with Gasteiger partial charge in [0.25, 0.3) is 0 Å². The van der Waals surface area contributed by atoms with Crippen LogP contribution >= 0.6 is 15.9 Å². The zero-order valence-electron chi connectivity index (χ0n) is 11.5. The number of halogens is 1. The van der Waals surface area contributed by atoms with Gasteiger partial charge in [0.2, 0.25) is 0 Å². The number of benzene rings is 2. The highest BCUT2D eigenvalue weighted by molar-refractivity contribution is 9.10. The lowest BCUT2D eigenvalue weighted by Gasteiger charge is -2.09. The first-order valence-electron chi connectivity index (χ1n) is 6.72. The van der Waals surface area contributed by atoms with Crippen LogP contribution in [0.25, 0.3) is 10.9 Å². The fourth-order valence-electron chi connectivity index (χ4n) is 2.10. The number of para-hydroxylation sites is 1. The van der Waals surface area contributed by atoms with E-state index in [0.717, 1.165) is 32.6 Å². The van der Waals surface area contributed by atoms with Gasteiger partial charge in [-0.2, -0.15) is 0 Å². The van der Waals surface area contributed by atoms with E-state index in [1.807, 2.05) is 55.5 Å². The average molecular weight is 344 g/mol. The van der Waals surface area contributed by atoms with Crippen molar-refractivity contribution in [2.24, 2.45) is 0 Å². The van der Waals surface area contributed by atoms with E-state index in [-0.39, 0.29) is 0 Å². The van der Waals surface area contributed by atoms with E-state index in [4.69, 9.17) is 9.47 Å². The number of ether oxygens (including phenoxy) is 2. The molecule has 3 nitrogen and oxygen atoms in total. The largest absolute Gasteiger partial charge is 0.494 e. The van der Waals surface area contributed by atoms with Crippen LogP contribution in [0.15, 0.2) is 59.2 Å². The second kappa shape index (κ2) is 6.14. The molecule has 0 amide bonds. The summed E-state index contributed by atoms with van der Waals surface area (Å²) >= 11 is 3.53. The lowest BCUT2D eigenvalue weighted by atomic mass is 10.2. The van der Waals surface area contributed by atoms with Crippen molar-refractivity contribution in [1.82, 2.24) is 4.98 Å². The van der Waals surface area contributed by atoms with Gasteiger partial charge in [-0.05, 0) is 43.3 Å². The minimum Gasteiger partial charge on any atom is -0.494 e. The Kier molecular flexibility index (Phi) is 4.06. The highest BCUT2D eigenvalue weighted by Crippen LogP contribution is 2.32. The third-order valence-electron chi connectivity index (χ3n) is 3.04. The summed E-state index contributed by atoms with van der Waals surface area (Å²) in [5, 5.41) is 1.03. The Hall–Kier alpha value is -2.07. The molecule has 0 radical (unpaired) electrons. The monoisotopic (exact) mass is 343 g/mol. The van der Waals surface area contributed by atoms with Crippen LogP contribution in [0, 0.1) is 0 Å². The molecule has 106 valence electrons. The van der Waals surface area contributed by atoms with Gasteiger partial charge in [-0.15, -0.1) is 0 Å². The van der Waals surface area contributed by atoms with E-state index in [1.165, 1.54) is 0 Å². The Balaban J connectivity index is 1.93. The Labute approximate surface area is 131 Å². The average Bonchev–Trinajstić information content (AvgIpc) is 2.51. The van der Waals surface area contributed by atoms with Crippen molar-refractivity contribution >= 4 is 26.8 Å². The molecule has 0 saturated carbocycles. The number of rotatable bonds is 4. The van der Waals surface area contributed by atoms with E-state index < -0.39 is 0 Å². The maximum absolute atomic E-state index is 5.94. The van der Waals surface area contributed by atoms with E-state index in [2.05, 4.69) is 20.9 Å². The highest BCUT2D eigenvalue weighted by atomic mass is 79.9. The molecule has 1 aromatic heterocycles. The van der Waals surface area contributed by atoms with Crippen LogP contribution in [-0.2, 0) is 0 Å². The van der Waals surface area contributed by atoms with Crippen molar-refractivity contribution < 1.29 is 9.47 Å². The van der Waals surface area contributed by atoms with Crippen molar-refractivity contribution in [2.45, 2.75) is 6.92 Å². The molecule has 0 saturated heterocycles. The van der Waals surface area contributed by atoms with Gasteiger partial charge < -0.3 is 9.47 Å². The van der Waals surface area contributed by atoms with Crippen molar-refractivity contribution in [3.63, 3.8) is 0 Å². The number of hydrogen-bond donors (Lipinski definition) is 0. The summed E-state index contributed by atoms with van der Waals surface area (Å²) in [5.74, 6) is 2.33. The molecule has 0 bridgehead atoms. The van der Waals surface area contributed by atoms with Gasteiger partial charge >= 0.3 is 0 Å². The minimum atomic E-state index is 0.654. The van der Waals surface area contributed by atoms with Crippen molar-refractivity contribution in [3.05, 3.63) is 59.2 Å². The molecular weight excluding hydrogens is 330 g/mol. The summed E-state index contributed by atoms with van der Waals surface area (Å²) in [5.41, 5.74) is 0.834. The number of aromatic nitrogens is 1. The maximum atomic E-state index is 5.94. The molecule has 0 aliphatic heterocycles. The molecule has 2 aromatic carbocycles. The van der Waals surface area contributed by atoms with Crippen LogP contribution in [0.3, 0.4) is 0 Å². The predicted molar refractivity (Wildman–Crippen MR) is 87.1 cm³/mol. The predicted octanol–water partition coefficient (Wildman–Crippen LogP) is 5.19. The van der Waals surface area contributed by atoms with E-state index in [9.17, 15) is 0 Å². The van der Waals surface area contributed by atoms with Crippen molar-refractivity contribution in [3.8, 4) is 17.2 Å². The molecule has 3 aromatic rings. The topological polar surface area (TPSA) is 31.4 Å². The van der Waals surface area contributed by atoms with Gasteiger partial charge in [-0.1, -0.05) is 28.1 Å². The van der Waals surface area contributed by atoms with E-state index >= 15 is 0 Å². The Morgan fingerprint density at radius 2 is 1.76 bits per heavy atom. The first kappa shape index (κ1) is 13.9. The van der Waals surface area contributed by atoms with Crippen molar-refractivity contribution in [1.29, 1.82) is 0 Å². The fourth-order valence-corrected chi connectivity index (χ4v) is 2.53. The Morgan fingerprint density at radius 3 is 2.52 bits per heavy atom. The van der Waals surface area contributed by atoms with Gasteiger partial charge in [-0.25, -0.2) is 0 Å². The van der Waals surface area contributed by atoms with Gasteiger partial charge in [0.15, 0.2) is 5.75 Å². The standard InChI is InChI=1S/C17H14BrNO2/c1-2-20-12-6-8-13(9-7-12)21-16-5-3-4-14-15(18)10-11-19-17(14)16/h3-11H,2H2,1H3. The summed E-state index contributed by atoms with van der Waals surface area (Å²) < 4.78 is 12.4. The molecule has 21 heavy (non-hydrogen) atoms. The van der Waals surface area contributed by atoms with Crippen LogP contribution in [0.1, 0.15) is 6.92 Å². The second-order valence-corrected chi connectivity index (χ2v) is 5.31. The van der Waals surface area contributed by atoms with Gasteiger partial charge in [-0.3, -0.25) is 4.98 Å². The highest BCUT2D eigenvalue weighted by Gasteiger charge is 2.07. The van der Waals surface area contributed by atoms with Crippen LogP contribution < -0.4 is 9.47 Å². The SMILES string of the molecule is CCOc1ccc(Oc2cccc3c(Br)ccnc23)cc1. The van der Waals surface area contributed by atoms with Crippen LogP contribution in [0.4, 0.5) is 0 Å². The molecule has 4 heteroatoms. The molecule has 1 heterocycles. The quantitative estimate of drug-likeness (QED) is 0.653. The lowest BCUT2D eigenvalue weighted by molar-refractivity contribution is 0.339. The summed E-state index contributed by atoms with van der Waals surface area (Å²) in [6.45, 7) is 2.62. The number of pyridine rings is 1.